The van der Waals surface area contributed by atoms with Gasteiger partial charge in [-0.05, 0) is 69.8 Å². The molecule has 0 spiro atoms. The van der Waals surface area contributed by atoms with E-state index in [1.54, 1.807) is 0 Å². The Morgan fingerprint density at radius 2 is 2.00 bits per heavy atom. The molecule has 0 amide bonds. The number of aromatic nitrogens is 4. The Morgan fingerprint density at radius 1 is 1.11 bits per heavy atom. The molecule has 2 aromatic heterocycles. The van der Waals surface area contributed by atoms with Crippen LogP contribution in [0.3, 0.4) is 0 Å². The molecular weight excluding hydrogens is 348 g/mol. The topological polar surface area (TPSA) is 59.7 Å². The van der Waals surface area contributed by atoms with Crippen LogP contribution in [0.1, 0.15) is 37.4 Å². The van der Waals surface area contributed by atoms with E-state index in [0.717, 1.165) is 44.3 Å². The van der Waals surface area contributed by atoms with Crippen LogP contribution in [0.4, 0.5) is 0 Å². The van der Waals surface area contributed by atoms with E-state index in [0.29, 0.717) is 6.04 Å². The molecule has 0 bridgehead atoms. The first kappa shape index (κ1) is 17.9. The predicted octanol–water partition coefficient (Wildman–Crippen LogP) is 3.13. The monoisotopic (exact) mass is 378 g/mol. The standard InChI is InChI=1S/C22H30N6/c1-16-22-20(18-12-25-27(15-18)14-17-7-10-23-11-8-17)5-2-6-21(22)28(26-16)19-4-3-9-24-13-19/h2,5-6,12,15,17,19,23-24H,3-4,7-11,13-14H2,1H3. The number of hydrogen-bond acceptors (Lipinski definition) is 4. The third-order valence-corrected chi connectivity index (χ3v) is 6.37. The van der Waals surface area contributed by atoms with Crippen LogP contribution in [-0.2, 0) is 6.54 Å². The van der Waals surface area contributed by atoms with Crippen molar-refractivity contribution in [2.24, 2.45) is 5.92 Å². The maximum absolute atomic E-state index is 4.94. The minimum absolute atomic E-state index is 0.447. The van der Waals surface area contributed by atoms with Gasteiger partial charge in [-0.2, -0.15) is 10.2 Å². The zero-order chi connectivity index (χ0) is 18.9. The summed E-state index contributed by atoms with van der Waals surface area (Å²) in [6.45, 7) is 7.55. The van der Waals surface area contributed by atoms with Gasteiger partial charge < -0.3 is 10.6 Å². The average molecular weight is 379 g/mol. The highest BCUT2D eigenvalue weighted by molar-refractivity contribution is 5.96. The van der Waals surface area contributed by atoms with Crippen molar-refractivity contribution in [2.45, 2.75) is 45.2 Å². The fourth-order valence-corrected chi connectivity index (χ4v) is 4.87. The van der Waals surface area contributed by atoms with Crippen molar-refractivity contribution in [3.63, 3.8) is 0 Å². The van der Waals surface area contributed by atoms with Crippen LogP contribution < -0.4 is 10.6 Å². The van der Waals surface area contributed by atoms with E-state index in [9.17, 15) is 0 Å². The van der Waals surface area contributed by atoms with E-state index in [2.05, 4.69) is 56.4 Å². The Kier molecular flexibility index (Phi) is 4.91. The Bertz CT molecular complexity index is 943. The first-order valence-electron chi connectivity index (χ1n) is 10.7. The highest BCUT2D eigenvalue weighted by Gasteiger charge is 2.21. The number of aryl methyl sites for hydroxylation is 1. The van der Waals surface area contributed by atoms with Gasteiger partial charge in [0.15, 0.2) is 0 Å². The summed E-state index contributed by atoms with van der Waals surface area (Å²) in [7, 11) is 0. The molecule has 1 atom stereocenters. The van der Waals surface area contributed by atoms with Crippen molar-refractivity contribution in [1.29, 1.82) is 0 Å². The van der Waals surface area contributed by atoms with Crippen molar-refractivity contribution < 1.29 is 0 Å². The van der Waals surface area contributed by atoms with Crippen molar-refractivity contribution in [3.8, 4) is 11.1 Å². The lowest BCUT2D eigenvalue weighted by Crippen LogP contribution is -2.32. The summed E-state index contributed by atoms with van der Waals surface area (Å²) in [6.07, 6.45) is 9.14. The quantitative estimate of drug-likeness (QED) is 0.732. The van der Waals surface area contributed by atoms with E-state index in [1.165, 1.54) is 47.7 Å². The van der Waals surface area contributed by atoms with Crippen LogP contribution in [0.25, 0.3) is 22.0 Å². The summed E-state index contributed by atoms with van der Waals surface area (Å²) in [6, 6.07) is 7.04. The molecule has 2 saturated heterocycles. The van der Waals surface area contributed by atoms with E-state index in [-0.39, 0.29) is 0 Å². The molecule has 1 aromatic carbocycles. The molecule has 6 heteroatoms. The number of rotatable bonds is 4. The van der Waals surface area contributed by atoms with Gasteiger partial charge in [0.05, 0.1) is 23.4 Å². The fraction of sp³-hybridized carbons (Fsp3) is 0.545. The third-order valence-electron chi connectivity index (χ3n) is 6.37. The zero-order valence-electron chi connectivity index (χ0n) is 16.7. The van der Waals surface area contributed by atoms with E-state index in [4.69, 9.17) is 5.10 Å². The van der Waals surface area contributed by atoms with Crippen LogP contribution in [0.15, 0.2) is 30.6 Å². The number of piperidine rings is 2. The molecule has 2 fully saturated rings. The van der Waals surface area contributed by atoms with Crippen molar-refractivity contribution in [2.75, 3.05) is 26.2 Å². The molecule has 5 rings (SSSR count). The first-order chi connectivity index (χ1) is 13.8. The van der Waals surface area contributed by atoms with Gasteiger partial charge in [0.25, 0.3) is 0 Å². The van der Waals surface area contributed by atoms with Crippen molar-refractivity contribution >= 4 is 10.9 Å². The molecule has 3 aromatic rings. The van der Waals surface area contributed by atoms with Crippen LogP contribution in [0.2, 0.25) is 0 Å². The van der Waals surface area contributed by atoms with Crippen LogP contribution in [-0.4, -0.2) is 45.7 Å². The Labute approximate surface area is 166 Å². The largest absolute Gasteiger partial charge is 0.317 e. The molecule has 2 N–H and O–H groups in total. The third kappa shape index (κ3) is 3.35. The second kappa shape index (κ2) is 7.68. The van der Waals surface area contributed by atoms with E-state index < -0.39 is 0 Å². The molecule has 148 valence electrons. The minimum Gasteiger partial charge on any atom is -0.317 e. The summed E-state index contributed by atoms with van der Waals surface area (Å²) in [4.78, 5) is 0. The van der Waals surface area contributed by atoms with Gasteiger partial charge in [-0.25, -0.2) is 0 Å². The lowest BCUT2D eigenvalue weighted by atomic mass is 9.98. The van der Waals surface area contributed by atoms with Gasteiger partial charge in [-0.1, -0.05) is 12.1 Å². The Morgan fingerprint density at radius 3 is 2.82 bits per heavy atom. The summed E-state index contributed by atoms with van der Waals surface area (Å²) in [5.74, 6) is 0.730. The van der Waals surface area contributed by atoms with Crippen LogP contribution in [0, 0.1) is 12.8 Å². The molecule has 0 radical (unpaired) electrons. The second-order valence-corrected chi connectivity index (χ2v) is 8.37. The minimum atomic E-state index is 0.447. The van der Waals surface area contributed by atoms with Crippen LogP contribution in [0.5, 0.6) is 0 Å². The van der Waals surface area contributed by atoms with Crippen LogP contribution >= 0.6 is 0 Å². The smallest absolute Gasteiger partial charge is 0.0695 e. The number of benzene rings is 1. The zero-order valence-corrected chi connectivity index (χ0v) is 16.7. The van der Waals surface area contributed by atoms with Gasteiger partial charge >= 0.3 is 0 Å². The molecule has 2 aliphatic heterocycles. The average Bonchev–Trinajstić information content (AvgIpc) is 3.34. The normalized spacial score (nSPS) is 21.4. The summed E-state index contributed by atoms with van der Waals surface area (Å²) >= 11 is 0. The highest BCUT2D eigenvalue weighted by Crippen LogP contribution is 2.33. The highest BCUT2D eigenvalue weighted by atomic mass is 15.3. The second-order valence-electron chi connectivity index (χ2n) is 8.37. The number of hydrogen-bond donors (Lipinski definition) is 2. The van der Waals surface area contributed by atoms with Gasteiger partial charge in [-0.3, -0.25) is 9.36 Å². The molecule has 0 saturated carbocycles. The van der Waals surface area contributed by atoms with Gasteiger partial charge in [0.1, 0.15) is 0 Å². The lowest BCUT2D eigenvalue weighted by molar-refractivity contribution is 0.321. The SMILES string of the molecule is Cc1nn(C2CCCNC2)c2cccc(-c3cnn(CC4CCNCC4)c3)c12. The summed E-state index contributed by atoms with van der Waals surface area (Å²) < 4.78 is 4.38. The van der Waals surface area contributed by atoms with Crippen molar-refractivity contribution in [3.05, 3.63) is 36.3 Å². The molecule has 6 nitrogen and oxygen atoms in total. The number of nitrogens with one attached hydrogen (secondary N) is 2. The molecule has 1 unspecified atom stereocenters. The van der Waals surface area contributed by atoms with Gasteiger partial charge in [0.2, 0.25) is 0 Å². The van der Waals surface area contributed by atoms with Gasteiger partial charge in [-0.15, -0.1) is 0 Å². The predicted molar refractivity (Wildman–Crippen MR) is 112 cm³/mol. The van der Waals surface area contributed by atoms with E-state index >= 15 is 0 Å². The molecular formula is C22H30N6. The van der Waals surface area contributed by atoms with E-state index in [1.807, 2.05) is 6.20 Å². The Balaban J connectivity index is 1.47. The number of nitrogens with zero attached hydrogens (tertiary/aromatic N) is 4. The fourth-order valence-electron chi connectivity index (χ4n) is 4.87. The summed E-state index contributed by atoms with van der Waals surface area (Å²) in [5, 5.41) is 17.9. The van der Waals surface area contributed by atoms with Crippen molar-refractivity contribution in [1.82, 2.24) is 30.2 Å². The van der Waals surface area contributed by atoms with Gasteiger partial charge in [0, 0.05) is 30.2 Å². The molecule has 28 heavy (non-hydrogen) atoms. The Hall–Kier alpha value is -2.18. The maximum Gasteiger partial charge on any atom is 0.0695 e. The molecule has 4 heterocycles. The lowest BCUT2D eigenvalue weighted by Gasteiger charge is -2.23. The maximum atomic E-state index is 4.94. The summed E-state index contributed by atoms with van der Waals surface area (Å²) in [5.41, 5.74) is 4.81. The molecule has 2 aliphatic rings. The first-order valence-corrected chi connectivity index (χ1v) is 10.7. The molecule has 0 aliphatic carbocycles. The number of fused-ring (bicyclic) bond motifs is 1.